The van der Waals surface area contributed by atoms with Crippen LogP contribution in [0.4, 0.5) is 11.4 Å². The second-order valence-corrected chi connectivity index (χ2v) is 8.81. The molecule has 0 bridgehead atoms. The maximum atomic E-state index is 13.9. The number of nitrogens with zero attached hydrogens (tertiary/aromatic N) is 3. The number of carbonyl (C=O) groups excluding carboxylic acids is 3. The van der Waals surface area contributed by atoms with E-state index in [0.717, 1.165) is 22.7 Å². The molecule has 36 heavy (non-hydrogen) atoms. The predicted octanol–water partition coefficient (Wildman–Crippen LogP) is 3.23. The van der Waals surface area contributed by atoms with Crippen molar-refractivity contribution in [1.29, 1.82) is 0 Å². The lowest BCUT2D eigenvalue weighted by Crippen LogP contribution is -2.44. The number of nitrogen functional groups attached to an aromatic ring is 1. The third-order valence-corrected chi connectivity index (χ3v) is 6.38. The van der Waals surface area contributed by atoms with E-state index in [1.807, 2.05) is 49.4 Å². The molecule has 10 heteroatoms. The summed E-state index contributed by atoms with van der Waals surface area (Å²) in [7, 11) is 0. The maximum Gasteiger partial charge on any atom is 0.273 e. The van der Waals surface area contributed by atoms with Gasteiger partial charge < -0.3 is 16.8 Å². The fourth-order valence-corrected chi connectivity index (χ4v) is 4.41. The van der Waals surface area contributed by atoms with Gasteiger partial charge in [-0.25, -0.2) is 0 Å². The van der Waals surface area contributed by atoms with Gasteiger partial charge in [-0.1, -0.05) is 48.0 Å². The Balaban J connectivity index is 1.80. The van der Waals surface area contributed by atoms with E-state index in [1.54, 1.807) is 36.7 Å². The molecule has 0 fully saturated rings. The van der Waals surface area contributed by atoms with Gasteiger partial charge in [0.2, 0.25) is 5.91 Å². The summed E-state index contributed by atoms with van der Waals surface area (Å²) in [5.41, 5.74) is 14.0. The summed E-state index contributed by atoms with van der Waals surface area (Å²) in [6, 6.07) is 18.9. The van der Waals surface area contributed by atoms with E-state index >= 15 is 0 Å². The molecule has 0 aliphatic heterocycles. The van der Waals surface area contributed by atoms with Crippen molar-refractivity contribution >= 4 is 40.6 Å². The standard InChI is InChI=1S/C26H24N6O3S/c1-16-7-9-19(10-8-16)32(26(35)23-20(27)21(24(28)33)31-36-23)22(18-11-13-29-14-12-18)25(34)30-15-17-5-3-2-4-6-17/h2-14,22H,15,27H2,1H3,(H2,28,33)(H,30,34). The molecule has 3 amide bonds. The first-order valence-electron chi connectivity index (χ1n) is 11.0. The number of carbonyl (C=O) groups is 3. The van der Waals surface area contributed by atoms with E-state index in [1.165, 1.54) is 4.90 Å². The van der Waals surface area contributed by atoms with Gasteiger partial charge in [0.15, 0.2) is 5.69 Å². The minimum Gasteiger partial charge on any atom is -0.395 e. The lowest BCUT2D eigenvalue weighted by Gasteiger charge is -2.31. The van der Waals surface area contributed by atoms with Crippen LogP contribution in [0.5, 0.6) is 0 Å². The first-order valence-corrected chi connectivity index (χ1v) is 11.8. The van der Waals surface area contributed by atoms with Gasteiger partial charge in [-0.15, -0.1) is 0 Å². The van der Waals surface area contributed by atoms with Crippen molar-refractivity contribution in [2.24, 2.45) is 5.73 Å². The SMILES string of the molecule is Cc1ccc(N(C(=O)c2snc(C(N)=O)c2N)C(C(=O)NCc2ccccc2)c2ccncc2)cc1. The van der Waals surface area contributed by atoms with E-state index in [9.17, 15) is 14.4 Å². The van der Waals surface area contributed by atoms with Gasteiger partial charge in [0.1, 0.15) is 10.9 Å². The number of amides is 3. The number of nitrogens with two attached hydrogens (primary N) is 2. The number of aryl methyl sites for hydroxylation is 1. The Morgan fingerprint density at radius 2 is 1.67 bits per heavy atom. The summed E-state index contributed by atoms with van der Waals surface area (Å²) in [6.45, 7) is 2.19. The summed E-state index contributed by atoms with van der Waals surface area (Å²) < 4.78 is 3.96. The van der Waals surface area contributed by atoms with Crippen LogP contribution in [0.3, 0.4) is 0 Å². The zero-order valence-corrected chi connectivity index (χ0v) is 20.2. The van der Waals surface area contributed by atoms with Gasteiger partial charge >= 0.3 is 0 Å². The van der Waals surface area contributed by atoms with Crippen LogP contribution in [0.1, 0.15) is 42.9 Å². The summed E-state index contributed by atoms with van der Waals surface area (Å²) in [6.07, 6.45) is 3.10. The largest absolute Gasteiger partial charge is 0.395 e. The second kappa shape index (κ2) is 10.8. The zero-order chi connectivity index (χ0) is 25.7. The molecule has 2 aromatic carbocycles. The number of nitrogens with one attached hydrogen (secondary N) is 1. The van der Waals surface area contributed by atoms with Crippen molar-refractivity contribution in [1.82, 2.24) is 14.7 Å². The van der Waals surface area contributed by atoms with Gasteiger partial charge in [0.05, 0.1) is 5.69 Å². The number of aromatic nitrogens is 2. The number of anilines is 2. The molecule has 9 nitrogen and oxygen atoms in total. The first kappa shape index (κ1) is 24.6. The molecule has 0 saturated carbocycles. The lowest BCUT2D eigenvalue weighted by molar-refractivity contribution is -0.122. The van der Waals surface area contributed by atoms with Crippen LogP contribution >= 0.6 is 11.5 Å². The Labute approximate surface area is 211 Å². The summed E-state index contributed by atoms with van der Waals surface area (Å²) >= 11 is 0.762. The molecule has 4 rings (SSSR count). The lowest BCUT2D eigenvalue weighted by atomic mass is 10.0. The molecule has 2 heterocycles. The average molecular weight is 501 g/mol. The van der Waals surface area contributed by atoms with E-state index < -0.39 is 23.8 Å². The van der Waals surface area contributed by atoms with Crippen LogP contribution in [0.2, 0.25) is 0 Å². The normalized spacial score (nSPS) is 11.5. The average Bonchev–Trinajstić information content (AvgIpc) is 3.29. The molecule has 0 spiro atoms. The van der Waals surface area contributed by atoms with Crippen LogP contribution in [-0.2, 0) is 11.3 Å². The van der Waals surface area contributed by atoms with Crippen molar-refractivity contribution in [2.75, 3.05) is 10.6 Å². The Bertz CT molecular complexity index is 1370. The van der Waals surface area contributed by atoms with E-state index in [-0.39, 0.29) is 22.8 Å². The van der Waals surface area contributed by atoms with Crippen molar-refractivity contribution in [2.45, 2.75) is 19.5 Å². The quantitative estimate of drug-likeness (QED) is 0.339. The molecule has 1 unspecified atom stereocenters. The molecule has 2 aromatic heterocycles. The van der Waals surface area contributed by atoms with Gasteiger partial charge in [-0.05, 0) is 53.8 Å². The first-order chi connectivity index (χ1) is 17.4. The van der Waals surface area contributed by atoms with Crippen molar-refractivity contribution < 1.29 is 14.4 Å². The smallest absolute Gasteiger partial charge is 0.273 e. The van der Waals surface area contributed by atoms with Crippen LogP contribution in [0, 0.1) is 6.92 Å². The second-order valence-electron chi connectivity index (χ2n) is 8.04. The Morgan fingerprint density at radius 1 is 1.00 bits per heavy atom. The minimum atomic E-state index is -1.06. The fraction of sp³-hybridized carbons (Fsp3) is 0.115. The monoisotopic (exact) mass is 500 g/mol. The molecule has 4 aromatic rings. The minimum absolute atomic E-state index is 0.0132. The Kier molecular flexibility index (Phi) is 7.36. The van der Waals surface area contributed by atoms with Crippen molar-refractivity contribution in [3.05, 3.63) is 106 Å². The zero-order valence-electron chi connectivity index (χ0n) is 19.4. The van der Waals surface area contributed by atoms with Gasteiger partial charge in [-0.2, -0.15) is 4.37 Å². The summed E-state index contributed by atoms with van der Waals surface area (Å²) in [4.78, 5) is 44.8. The molecule has 182 valence electrons. The molecule has 0 saturated heterocycles. The number of hydrogen-bond donors (Lipinski definition) is 3. The van der Waals surface area contributed by atoms with Crippen LogP contribution in [0.25, 0.3) is 0 Å². The summed E-state index contributed by atoms with van der Waals surface area (Å²) in [5.74, 6) is -1.83. The van der Waals surface area contributed by atoms with E-state index in [4.69, 9.17) is 11.5 Å². The molecule has 5 N–H and O–H groups in total. The highest BCUT2D eigenvalue weighted by molar-refractivity contribution is 7.09. The predicted molar refractivity (Wildman–Crippen MR) is 138 cm³/mol. The number of rotatable bonds is 8. The van der Waals surface area contributed by atoms with Gasteiger partial charge in [0.25, 0.3) is 11.8 Å². The maximum absolute atomic E-state index is 13.9. The Morgan fingerprint density at radius 3 is 2.28 bits per heavy atom. The highest BCUT2D eigenvalue weighted by Crippen LogP contribution is 2.33. The number of hydrogen-bond acceptors (Lipinski definition) is 7. The highest BCUT2D eigenvalue weighted by Gasteiger charge is 2.36. The molecular weight excluding hydrogens is 476 g/mol. The van der Waals surface area contributed by atoms with Crippen molar-refractivity contribution in [3.63, 3.8) is 0 Å². The highest BCUT2D eigenvalue weighted by atomic mass is 32.1. The fourth-order valence-electron chi connectivity index (χ4n) is 3.67. The number of pyridine rings is 1. The van der Waals surface area contributed by atoms with E-state index in [0.29, 0.717) is 11.3 Å². The third-order valence-electron chi connectivity index (χ3n) is 5.52. The van der Waals surface area contributed by atoms with Crippen LogP contribution in [-0.4, -0.2) is 27.1 Å². The van der Waals surface area contributed by atoms with Crippen LogP contribution in [0.15, 0.2) is 79.1 Å². The topological polar surface area (TPSA) is 144 Å². The van der Waals surface area contributed by atoms with Crippen molar-refractivity contribution in [3.8, 4) is 0 Å². The Hall–Kier alpha value is -4.57. The number of benzene rings is 2. The van der Waals surface area contributed by atoms with E-state index in [2.05, 4.69) is 14.7 Å². The third kappa shape index (κ3) is 5.23. The molecule has 0 aliphatic rings. The number of primary amides is 1. The van der Waals surface area contributed by atoms with Gasteiger partial charge in [0, 0.05) is 24.6 Å². The van der Waals surface area contributed by atoms with Gasteiger partial charge in [-0.3, -0.25) is 24.3 Å². The van der Waals surface area contributed by atoms with Crippen LogP contribution < -0.4 is 21.7 Å². The molecular formula is C26H24N6O3S. The molecule has 0 radical (unpaired) electrons. The molecule has 1 atom stereocenters. The molecule has 0 aliphatic carbocycles. The summed E-state index contributed by atoms with van der Waals surface area (Å²) in [5, 5.41) is 2.93.